The normalized spacial score (nSPS) is 14.5. The van der Waals surface area contributed by atoms with Crippen LogP contribution in [0.5, 0.6) is 11.5 Å². The van der Waals surface area contributed by atoms with Gasteiger partial charge in [0.2, 0.25) is 12.0 Å². The maximum absolute atomic E-state index is 12.2. The summed E-state index contributed by atoms with van der Waals surface area (Å²) in [5, 5.41) is 2.80. The van der Waals surface area contributed by atoms with E-state index in [2.05, 4.69) is 5.32 Å². The second kappa shape index (κ2) is 9.78. The molecule has 2 amide bonds. The first-order valence-corrected chi connectivity index (χ1v) is 9.64. The zero-order chi connectivity index (χ0) is 21.5. The summed E-state index contributed by atoms with van der Waals surface area (Å²) in [6.45, 7) is 1.34. The van der Waals surface area contributed by atoms with Gasteiger partial charge < -0.3 is 24.4 Å². The van der Waals surface area contributed by atoms with Crippen LogP contribution in [0.15, 0.2) is 48.5 Å². The van der Waals surface area contributed by atoms with E-state index in [1.807, 2.05) is 31.2 Å². The molecule has 1 aliphatic heterocycles. The average molecular weight is 412 g/mol. The first-order valence-electron chi connectivity index (χ1n) is 9.64. The van der Waals surface area contributed by atoms with Gasteiger partial charge in [-0.2, -0.15) is 0 Å². The lowest BCUT2D eigenvalue weighted by atomic mass is 10.1. The molecule has 1 N–H and O–H groups in total. The van der Waals surface area contributed by atoms with Crippen molar-refractivity contribution in [3.63, 3.8) is 0 Å². The van der Waals surface area contributed by atoms with Crippen LogP contribution < -0.4 is 14.8 Å². The van der Waals surface area contributed by atoms with E-state index in [1.54, 1.807) is 24.3 Å². The maximum Gasteiger partial charge on any atom is 0.351 e. The Bertz CT molecular complexity index is 929. The number of likely N-dealkylation sites (N-methyl/N-ethyl adjacent to an activating group) is 1. The number of aryl methyl sites for hydroxylation is 1. The number of para-hydroxylation sites is 3. The fourth-order valence-corrected chi connectivity index (χ4v) is 2.92. The molecule has 0 aromatic heterocycles. The molecular formula is C22H24N2O6. The molecule has 0 bridgehead atoms. The minimum Gasteiger partial charge on any atom is -0.485 e. The van der Waals surface area contributed by atoms with Crippen LogP contribution in [-0.4, -0.2) is 55.6 Å². The van der Waals surface area contributed by atoms with Crippen LogP contribution >= 0.6 is 0 Å². The molecule has 1 aliphatic rings. The molecule has 0 fully saturated rings. The van der Waals surface area contributed by atoms with Crippen LogP contribution in [0.2, 0.25) is 0 Å². The van der Waals surface area contributed by atoms with Crippen LogP contribution in [0.25, 0.3) is 0 Å². The molecule has 158 valence electrons. The fourth-order valence-electron chi connectivity index (χ4n) is 2.92. The van der Waals surface area contributed by atoms with E-state index in [0.29, 0.717) is 17.2 Å². The van der Waals surface area contributed by atoms with Gasteiger partial charge in [0, 0.05) is 12.7 Å². The van der Waals surface area contributed by atoms with Crippen molar-refractivity contribution in [2.45, 2.75) is 19.4 Å². The van der Waals surface area contributed by atoms with Crippen molar-refractivity contribution in [1.29, 1.82) is 0 Å². The lowest BCUT2D eigenvalue weighted by Crippen LogP contribution is -2.41. The number of carbonyl (C=O) groups is 3. The monoisotopic (exact) mass is 412 g/mol. The minimum atomic E-state index is -0.952. The summed E-state index contributed by atoms with van der Waals surface area (Å²) in [7, 11) is 1.47. The van der Waals surface area contributed by atoms with Crippen LogP contribution in [0, 0.1) is 0 Å². The maximum atomic E-state index is 12.2. The van der Waals surface area contributed by atoms with Crippen molar-refractivity contribution in [3.05, 3.63) is 54.1 Å². The third-order valence-corrected chi connectivity index (χ3v) is 4.59. The Balaban J connectivity index is 1.45. The largest absolute Gasteiger partial charge is 0.485 e. The second-order valence-corrected chi connectivity index (χ2v) is 6.78. The Kier molecular flexibility index (Phi) is 6.90. The third kappa shape index (κ3) is 5.28. The molecule has 2 aromatic rings. The second-order valence-electron chi connectivity index (χ2n) is 6.78. The van der Waals surface area contributed by atoms with Gasteiger partial charge in [0.15, 0.2) is 18.1 Å². The number of nitrogens with zero attached hydrogens (tertiary/aromatic N) is 1. The van der Waals surface area contributed by atoms with Gasteiger partial charge in [0.05, 0.1) is 6.54 Å². The van der Waals surface area contributed by atoms with Gasteiger partial charge in [-0.15, -0.1) is 0 Å². The first-order chi connectivity index (χ1) is 14.5. The van der Waals surface area contributed by atoms with Gasteiger partial charge in [-0.1, -0.05) is 37.3 Å². The Labute approximate surface area is 174 Å². The Morgan fingerprint density at radius 3 is 2.57 bits per heavy atom. The van der Waals surface area contributed by atoms with E-state index in [4.69, 9.17) is 14.2 Å². The molecule has 8 nitrogen and oxygen atoms in total. The van der Waals surface area contributed by atoms with E-state index in [9.17, 15) is 14.4 Å². The molecule has 0 radical (unpaired) electrons. The third-order valence-electron chi connectivity index (χ3n) is 4.59. The highest BCUT2D eigenvalue weighted by Gasteiger charge is 2.29. The summed E-state index contributed by atoms with van der Waals surface area (Å²) >= 11 is 0. The molecule has 3 rings (SSSR count). The van der Waals surface area contributed by atoms with Gasteiger partial charge in [0.25, 0.3) is 5.91 Å². The molecule has 0 saturated carbocycles. The number of nitrogens with one attached hydrogen (secondary N) is 1. The Hall–Kier alpha value is -3.55. The molecule has 0 aliphatic carbocycles. The molecule has 8 heteroatoms. The summed E-state index contributed by atoms with van der Waals surface area (Å²) in [5.41, 5.74) is 1.72. The van der Waals surface area contributed by atoms with Gasteiger partial charge in [-0.25, -0.2) is 4.79 Å². The molecular weight excluding hydrogens is 388 g/mol. The van der Waals surface area contributed by atoms with Gasteiger partial charge in [-0.05, 0) is 30.2 Å². The highest BCUT2D eigenvalue weighted by molar-refractivity contribution is 5.95. The molecule has 0 saturated heterocycles. The Morgan fingerprint density at radius 1 is 1.10 bits per heavy atom. The molecule has 0 unspecified atom stereocenters. The number of ether oxygens (including phenoxy) is 3. The molecule has 2 aromatic carbocycles. The molecule has 1 heterocycles. The van der Waals surface area contributed by atoms with Crippen molar-refractivity contribution < 1.29 is 28.6 Å². The van der Waals surface area contributed by atoms with Crippen molar-refractivity contribution in [2.75, 3.05) is 32.1 Å². The predicted molar refractivity (Wildman–Crippen MR) is 109 cm³/mol. The van der Waals surface area contributed by atoms with Crippen molar-refractivity contribution in [1.82, 2.24) is 4.90 Å². The first kappa shape index (κ1) is 21.2. The summed E-state index contributed by atoms with van der Waals surface area (Å²) in [4.78, 5) is 37.9. The van der Waals surface area contributed by atoms with E-state index in [-0.39, 0.29) is 19.1 Å². The van der Waals surface area contributed by atoms with Crippen molar-refractivity contribution in [3.8, 4) is 11.5 Å². The SMILES string of the molecule is CCc1ccccc1NC(=O)CN(C)C(=O)COC(=O)[C@@H]1COc2ccccc2O1. The number of hydrogen-bond acceptors (Lipinski definition) is 6. The number of amides is 2. The van der Waals surface area contributed by atoms with Crippen LogP contribution in [0.3, 0.4) is 0 Å². The summed E-state index contributed by atoms with van der Waals surface area (Å²) in [6.07, 6.45) is -0.176. The predicted octanol–water partition coefficient (Wildman–Crippen LogP) is 2.03. The highest BCUT2D eigenvalue weighted by atomic mass is 16.6. The number of rotatable bonds is 7. The minimum absolute atomic E-state index is 0.000873. The fraction of sp³-hybridized carbons (Fsp3) is 0.318. The van der Waals surface area contributed by atoms with Crippen molar-refractivity contribution in [2.24, 2.45) is 0 Å². The van der Waals surface area contributed by atoms with E-state index < -0.39 is 24.6 Å². The van der Waals surface area contributed by atoms with Gasteiger partial charge >= 0.3 is 5.97 Å². The number of benzene rings is 2. The smallest absolute Gasteiger partial charge is 0.351 e. The lowest BCUT2D eigenvalue weighted by Gasteiger charge is -2.25. The van der Waals surface area contributed by atoms with Gasteiger partial charge in [-0.3, -0.25) is 9.59 Å². The highest BCUT2D eigenvalue weighted by Crippen LogP contribution is 2.31. The molecule has 30 heavy (non-hydrogen) atoms. The average Bonchev–Trinajstić information content (AvgIpc) is 2.77. The topological polar surface area (TPSA) is 94.2 Å². The standard InChI is InChI=1S/C22H24N2O6/c1-3-15-8-4-5-9-16(15)23-20(25)12-24(2)21(26)14-29-22(27)19-13-28-17-10-6-7-11-18(17)30-19/h4-11,19H,3,12-14H2,1-2H3,(H,23,25)/t19-/m0/s1. The number of anilines is 1. The van der Waals surface area contributed by atoms with Crippen LogP contribution in [0.4, 0.5) is 5.69 Å². The number of carbonyl (C=O) groups excluding carboxylic acids is 3. The van der Waals surface area contributed by atoms with Crippen molar-refractivity contribution >= 4 is 23.5 Å². The number of hydrogen-bond donors (Lipinski definition) is 1. The zero-order valence-corrected chi connectivity index (χ0v) is 16.9. The summed E-state index contributed by atoms with van der Waals surface area (Å²) < 4.78 is 16.1. The lowest BCUT2D eigenvalue weighted by molar-refractivity contribution is -0.159. The quantitative estimate of drug-likeness (QED) is 0.700. The molecule has 0 spiro atoms. The number of fused-ring (bicyclic) bond motifs is 1. The van der Waals surface area contributed by atoms with Crippen LogP contribution in [-0.2, 0) is 25.5 Å². The summed E-state index contributed by atoms with van der Waals surface area (Å²) in [6, 6.07) is 14.5. The van der Waals surface area contributed by atoms with Gasteiger partial charge in [0.1, 0.15) is 6.61 Å². The van der Waals surface area contributed by atoms with E-state index in [0.717, 1.165) is 12.0 Å². The van der Waals surface area contributed by atoms with Crippen LogP contribution in [0.1, 0.15) is 12.5 Å². The molecule has 1 atom stereocenters. The number of esters is 1. The zero-order valence-electron chi connectivity index (χ0n) is 16.9. The summed E-state index contributed by atoms with van der Waals surface area (Å²) in [5.74, 6) is -0.545. The van der Waals surface area contributed by atoms with E-state index >= 15 is 0 Å². The van der Waals surface area contributed by atoms with E-state index in [1.165, 1.54) is 11.9 Å². The Morgan fingerprint density at radius 2 is 1.80 bits per heavy atom.